The highest BCUT2D eigenvalue weighted by Gasteiger charge is 2.23. The summed E-state index contributed by atoms with van der Waals surface area (Å²) in [5.41, 5.74) is 5.60. The monoisotopic (exact) mass is 157 g/mol. The zero-order chi connectivity index (χ0) is 8.16. The van der Waals surface area contributed by atoms with E-state index in [2.05, 4.69) is 17.6 Å². The van der Waals surface area contributed by atoms with Gasteiger partial charge in [-0.25, -0.2) is 0 Å². The topological polar surface area (TPSA) is 50.1 Å². The summed E-state index contributed by atoms with van der Waals surface area (Å²) in [5.74, 6) is 0. The molecule has 3 nitrogen and oxygen atoms in total. The van der Waals surface area contributed by atoms with Gasteiger partial charge in [0, 0.05) is 0 Å². The van der Waals surface area contributed by atoms with Gasteiger partial charge in [0.15, 0.2) is 0 Å². The molecule has 1 aliphatic heterocycles. The number of hydrogen-bond acceptors (Lipinski definition) is 3. The van der Waals surface area contributed by atoms with Gasteiger partial charge >= 0.3 is 0 Å². The maximum atomic E-state index is 5.45. The summed E-state index contributed by atoms with van der Waals surface area (Å²) in [6.45, 7) is 5.27. The number of hydrogen-bond donors (Lipinski definition) is 3. The van der Waals surface area contributed by atoms with Gasteiger partial charge in [0.1, 0.15) is 0 Å². The van der Waals surface area contributed by atoms with E-state index >= 15 is 0 Å². The van der Waals surface area contributed by atoms with Gasteiger partial charge < -0.3 is 5.73 Å². The predicted molar refractivity (Wildman–Crippen MR) is 47.3 cm³/mol. The number of nitrogens with two attached hydrogens (primary N) is 1. The second-order valence-corrected chi connectivity index (χ2v) is 3.43. The lowest BCUT2D eigenvalue weighted by Gasteiger charge is -2.36. The highest BCUT2D eigenvalue weighted by atomic mass is 15.2. The molecule has 0 aromatic rings. The van der Waals surface area contributed by atoms with Gasteiger partial charge in [-0.1, -0.05) is 0 Å². The molecule has 1 rings (SSSR count). The first-order chi connectivity index (χ1) is 5.27. The molecule has 0 aromatic carbocycles. The Hall–Kier alpha value is -0.120. The van der Waals surface area contributed by atoms with Crippen LogP contribution in [0.2, 0.25) is 0 Å². The Morgan fingerprint density at radius 1 is 1.36 bits per heavy atom. The molecule has 0 saturated carbocycles. The summed E-state index contributed by atoms with van der Waals surface area (Å²) in [4.78, 5) is 0. The van der Waals surface area contributed by atoms with Crippen molar-refractivity contribution in [3.63, 3.8) is 0 Å². The highest BCUT2D eigenvalue weighted by molar-refractivity contribution is 4.83. The zero-order valence-electron chi connectivity index (χ0n) is 7.32. The summed E-state index contributed by atoms with van der Waals surface area (Å²) in [6, 6.07) is 0. The van der Waals surface area contributed by atoms with E-state index in [4.69, 9.17) is 5.73 Å². The lowest BCUT2D eigenvalue weighted by Crippen LogP contribution is -2.58. The van der Waals surface area contributed by atoms with E-state index < -0.39 is 0 Å². The Balaban J connectivity index is 2.25. The Morgan fingerprint density at radius 2 is 2.00 bits per heavy atom. The number of rotatable bonds is 3. The van der Waals surface area contributed by atoms with E-state index in [0.717, 1.165) is 32.5 Å². The lowest BCUT2D eigenvalue weighted by molar-refractivity contribution is 0.225. The van der Waals surface area contributed by atoms with Crippen molar-refractivity contribution >= 4 is 0 Å². The molecule has 0 atom stereocenters. The third kappa shape index (κ3) is 2.77. The quantitative estimate of drug-likeness (QED) is 0.541. The molecule has 0 amide bonds. The molecule has 1 aliphatic rings. The van der Waals surface area contributed by atoms with Crippen molar-refractivity contribution in [1.82, 2.24) is 10.6 Å². The van der Waals surface area contributed by atoms with Crippen LogP contribution in [0.5, 0.6) is 0 Å². The van der Waals surface area contributed by atoms with Gasteiger partial charge in [-0.05, 0) is 45.8 Å². The maximum absolute atomic E-state index is 5.45. The molecule has 1 heterocycles. The fourth-order valence-corrected chi connectivity index (χ4v) is 1.51. The molecule has 0 radical (unpaired) electrons. The van der Waals surface area contributed by atoms with Crippen molar-refractivity contribution in [2.24, 2.45) is 5.73 Å². The second-order valence-electron chi connectivity index (χ2n) is 3.43. The first-order valence-electron chi connectivity index (χ1n) is 4.47. The first-order valence-corrected chi connectivity index (χ1v) is 4.47. The van der Waals surface area contributed by atoms with Crippen molar-refractivity contribution in [3.8, 4) is 0 Å². The fraction of sp³-hybridized carbons (Fsp3) is 1.00. The van der Waals surface area contributed by atoms with Gasteiger partial charge in [0.25, 0.3) is 0 Å². The van der Waals surface area contributed by atoms with Crippen LogP contribution in [0.4, 0.5) is 0 Å². The van der Waals surface area contributed by atoms with E-state index in [1.165, 1.54) is 6.42 Å². The van der Waals surface area contributed by atoms with E-state index in [-0.39, 0.29) is 5.66 Å². The average molecular weight is 157 g/mol. The smallest absolute Gasteiger partial charge is 0.0658 e. The molecule has 0 unspecified atom stereocenters. The minimum Gasteiger partial charge on any atom is -0.330 e. The molecule has 4 N–H and O–H groups in total. The van der Waals surface area contributed by atoms with Crippen molar-refractivity contribution < 1.29 is 0 Å². The minimum atomic E-state index is 0.150. The van der Waals surface area contributed by atoms with Crippen LogP contribution in [0.25, 0.3) is 0 Å². The Labute approximate surface area is 68.7 Å². The van der Waals surface area contributed by atoms with E-state index in [1.807, 2.05) is 0 Å². The van der Waals surface area contributed by atoms with E-state index in [9.17, 15) is 0 Å². The van der Waals surface area contributed by atoms with Gasteiger partial charge in [-0.2, -0.15) is 0 Å². The van der Waals surface area contributed by atoms with E-state index in [0.29, 0.717) is 0 Å². The molecule has 0 aromatic heterocycles. The maximum Gasteiger partial charge on any atom is 0.0658 e. The van der Waals surface area contributed by atoms with E-state index in [1.54, 1.807) is 0 Å². The predicted octanol–water partition coefficient (Wildman–Crippen LogP) is 0.0244. The third-order valence-corrected chi connectivity index (χ3v) is 2.26. The van der Waals surface area contributed by atoms with Crippen molar-refractivity contribution in [2.45, 2.75) is 31.8 Å². The molecule has 0 bridgehead atoms. The van der Waals surface area contributed by atoms with Crippen LogP contribution in [-0.2, 0) is 0 Å². The highest BCUT2D eigenvalue weighted by Crippen LogP contribution is 2.10. The Kier molecular flexibility index (Phi) is 3.30. The molecule has 1 saturated heterocycles. The van der Waals surface area contributed by atoms with Gasteiger partial charge in [-0.15, -0.1) is 0 Å². The molecular formula is C8H19N3. The van der Waals surface area contributed by atoms with Gasteiger partial charge in [0.2, 0.25) is 0 Å². The minimum absolute atomic E-state index is 0.150. The largest absolute Gasteiger partial charge is 0.330 e. The fourth-order valence-electron chi connectivity index (χ4n) is 1.51. The van der Waals surface area contributed by atoms with Crippen molar-refractivity contribution in [2.75, 3.05) is 19.6 Å². The number of nitrogens with one attached hydrogen (secondary N) is 2. The Morgan fingerprint density at radius 3 is 2.55 bits per heavy atom. The summed E-state index contributed by atoms with van der Waals surface area (Å²) in [5, 5.41) is 6.93. The van der Waals surface area contributed by atoms with Crippen molar-refractivity contribution in [3.05, 3.63) is 0 Å². The molecule has 1 fully saturated rings. The van der Waals surface area contributed by atoms with Gasteiger partial charge in [0.05, 0.1) is 5.66 Å². The standard InChI is InChI=1S/C8H19N3/c1-8(4-2-5-9)10-6-3-7-11-8/h10-11H,2-7,9H2,1H3. The summed E-state index contributed by atoms with van der Waals surface area (Å²) >= 11 is 0. The molecule has 0 aliphatic carbocycles. The molecule has 11 heavy (non-hydrogen) atoms. The normalized spacial score (nSPS) is 23.5. The first kappa shape index (κ1) is 8.97. The van der Waals surface area contributed by atoms with Crippen LogP contribution in [-0.4, -0.2) is 25.3 Å². The van der Waals surface area contributed by atoms with Crippen LogP contribution in [0, 0.1) is 0 Å². The van der Waals surface area contributed by atoms with Crippen LogP contribution in [0.15, 0.2) is 0 Å². The molecule has 0 spiro atoms. The van der Waals surface area contributed by atoms with Crippen LogP contribution in [0.3, 0.4) is 0 Å². The summed E-state index contributed by atoms with van der Waals surface area (Å²) in [7, 11) is 0. The average Bonchev–Trinajstić information content (AvgIpc) is 2.03. The second kappa shape index (κ2) is 4.04. The lowest BCUT2D eigenvalue weighted by atomic mass is 10.0. The van der Waals surface area contributed by atoms with Crippen LogP contribution >= 0.6 is 0 Å². The molecule has 66 valence electrons. The summed E-state index contributed by atoms with van der Waals surface area (Å²) < 4.78 is 0. The summed E-state index contributed by atoms with van der Waals surface area (Å²) in [6.07, 6.45) is 3.46. The van der Waals surface area contributed by atoms with Crippen LogP contribution < -0.4 is 16.4 Å². The Bertz CT molecular complexity index is 108. The SMILES string of the molecule is CC1(CCCN)NCCCN1. The molecular weight excluding hydrogens is 138 g/mol. The van der Waals surface area contributed by atoms with Crippen molar-refractivity contribution in [1.29, 1.82) is 0 Å². The van der Waals surface area contributed by atoms with Gasteiger partial charge in [-0.3, -0.25) is 10.6 Å². The van der Waals surface area contributed by atoms with Crippen LogP contribution in [0.1, 0.15) is 26.2 Å². The third-order valence-electron chi connectivity index (χ3n) is 2.26. The molecule has 3 heteroatoms. The zero-order valence-corrected chi connectivity index (χ0v) is 7.32.